The number of benzene rings is 1. The molecule has 2 aliphatic rings. The van der Waals surface area contributed by atoms with Crippen LogP contribution in [0.1, 0.15) is 54.7 Å². The molecule has 0 saturated carbocycles. The molecule has 2 amide bonds. The molecule has 1 aromatic heterocycles. The summed E-state index contributed by atoms with van der Waals surface area (Å²) in [4.78, 5) is 29.4. The number of fused-ring (bicyclic) bond motifs is 1. The number of likely N-dealkylation sites (tertiary alicyclic amines) is 1. The van der Waals surface area contributed by atoms with Crippen LogP contribution in [0.25, 0.3) is 0 Å². The van der Waals surface area contributed by atoms with E-state index in [1.54, 1.807) is 39.9 Å². The van der Waals surface area contributed by atoms with Gasteiger partial charge in [0.05, 0.1) is 16.3 Å². The molecular formula is C23H30N4O4S. The standard InChI is InChI=1S/C23H30N4O4S/c1-2-25-13-7-14-27-21(23(25)29)16-20(24-27)18-8-6-12-26(17-18)22(28)11-15-32(30,31)19-9-4-3-5-10-19/h3-5,9-10,16,18H,2,6-8,11-15,17H2,1H3. The first-order valence-corrected chi connectivity index (χ1v) is 13.0. The van der Waals surface area contributed by atoms with Gasteiger partial charge in [-0.3, -0.25) is 14.3 Å². The lowest BCUT2D eigenvalue weighted by Gasteiger charge is -2.32. The summed E-state index contributed by atoms with van der Waals surface area (Å²) in [7, 11) is -3.48. The lowest BCUT2D eigenvalue weighted by atomic mass is 9.94. The SMILES string of the molecule is CCN1CCCn2nc(C3CCCN(C(=O)CCS(=O)(=O)c4ccccc4)C3)cc2C1=O. The molecule has 1 saturated heterocycles. The number of amides is 2. The first-order valence-electron chi connectivity index (χ1n) is 11.3. The van der Waals surface area contributed by atoms with E-state index in [0.717, 1.165) is 31.5 Å². The molecule has 8 nitrogen and oxygen atoms in total. The maximum Gasteiger partial charge on any atom is 0.272 e. The first-order chi connectivity index (χ1) is 15.4. The molecule has 32 heavy (non-hydrogen) atoms. The monoisotopic (exact) mass is 458 g/mol. The summed E-state index contributed by atoms with van der Waals surface area (Å²) in [6, 6.07) is 10.1. The van der Waals surface area contributed by atoms with Crippen molar-refractivity contribution in [3.8, 4) is 0 Å². The van der Waals surface area contributed by atoms with Crippen LogP contribution in [0.15, 0.2) is 41.3 Å². The third-order valence-corrected chi connectivity index (χ3v) is 8.10. The molecule has 4 rings (SSSR count). The molecule has 0 N–H and O–H groups in total. The molecule has 0 bridgehead atoms. The summed E-state index contributed by atoms with van der Waals surface area (Å²) < 4.78 is 26.8. The van der Waals surface area contributed by atoms with Gasteiger partial charge in [-0.15, -0.1) is 0 Å². The van der Waals surface area contributed by atoms with E-state index in [0.29, 0.717) is 31.9 Å². The van der Waals surface area contributed by atoms with E-state index in [4.69, 9.17) is 5.10 Å². The molecule has 0 spiro atoms. The van der Waals surface area contributed by atoms with Crippen LogP contribution in [-0.2, 0) is 21.2 Å². The number of rotatable bonds is 6. The number of aryl methyl sites for hydroxylation is 1. The van der Waals surface area contributed by atoms with Gasteiger partial charge in [0.2, 0.25) is 5.91 Å². The quantitative estimate of drug-likeness (QED) is 0.662. The second-order valence-electron chi connectivity index (χ2n) is 8.48. The summed E-state index contributed by atoms with van der Waals surface area (Å²) in [6.45, 7) is 5.24. The fraction of sp³-hybridized carbons (Fsp3) is 0.522. The Morgan fingerprint density at radius 2 is 1.91 bits per heavy atom. The van der Waals surface area contributed by atoms with Crippen molar-refractivity contribution in [3.05, 3.63) is 47.8 Å². The van der Waals surface area contributed by atoms with E-state index in [9.17, 15) is 18.0 Å². The number of hydrogen-bond acceptors (Lipinski definition) is 5. The van der Waals surface area contributed by atoms with Crippen LogP contribution >= 0.6 is 0 Å². The molecule has 1 atom stereocenters. The van der Waals surface area contributed by atoms with E-state index < -0.39 is 9.84 Å². The minimum Gasteiger partial charge on any atom is -0.342 e. The van der Waals surface area contributed by atoms with Gasteiger partial charge >= 0.3 is 0 Å². The molecule has 2 aromatic rings. The number of aromatic nitrogens is 2. The van der Waals surface area contributed by atoms with Crippen LogP contribution < -0.4 is 0 Å². The number of nitrogens with zero attached hydrogens (tertiary/aromatic N) is 4. The van der Waals surface area contributed by atoms with Crippen molar-refractivity contribution in [2.45, 2.75) is 50.0 Å². The Balaban J connectivity index is 1.41. The molecular weight excluding hydrogens is 428 g/mol. The first kappa shape index (κ1) is 22.5. The minimum absolute atomic E-state index is 0.0126. The minimum atomic E-state index is -3.48. The maximum atomic E-state index is 12.8. The van der Waals surface area contributed by atoms with Crippen LogP contribution in [0.4, 0.5) is 0 Å². The summed E-state index contributed by atoms with van der Waals surface area (Å²) >= 11 is 0. The number of carbonyl (C=O) groups is 2. The van der Waals surface area contributed by atoms with Crippen LogP contribution in [0.2, 0.25) is 0 Å². The zero-order chi connectivity index (χ0) is 22.7. The van der Waals surface area contributed by atoms with Gasteiger partial charge in [-0.2, -0.15) is 5.10 Å². The zero-order valence-corrected chi connectivity index (χ0v) is 19.3. The molecule has 1 fully saturated rings. The van der Waals surface area contributed by atoms with Crippen molar-refractivity contribution in [1.29, 1.82) is 0 Å². The van der Waals surface area contributed by atoms with Gasteiger partial charge in [-0.1, -0.05) is 18.2 Å². The highest BCUT2D eigenvalue weighted by atomic mass is 32.2. The molecule has 2 aliphatic heterocycles. The van der Waals surface area contributed by atoms with Crippen LogP contribution in [0.3, 0.4) is 0 Å². The van der Waals surface area contributed by atoms with Gasteiger partial charge in [0.1, 0.15) is 5.69 Å². The average Bonchev–Trinajstić information content (AvgIpc) is 3.18. The van der Waals surface area contributed by atoms with Gasteiger partial charge in [0.15, 0.2) is 9.84 Å². The third-order valence-electron chi connectivity index (χ3n) is 6.36. The van der Waals surface area contributed by atoms with Crippen molar-refractivity contribution in [2.24, 2.45) is 0 Å². The number of carbonyl (C=O) groups excluding carboxylic acids is 2. The Kier molecular flexibility index (Phi) is 6.64. The Labute approximate surface area is 189 Å². The highest BCUT2D eigenvalue weighted by Gasteiger charge is 2.30. The summed E-state index contributed by atoms with van der Waals surface area (Å²) in [6.07, 6.45) is 2.57. The predicted octanol–water partition coefficient (Wildman–Crippen LogP) is 2.32. The normalized spacial score (nSPS) is 19.5. The fourth-order valence-electron chi connectivity index (χ4n) is 4.53. The second kappa shape index (κ2) is 9.44. The van der Waals surface area contributed by atoms with Crippen molar-refractivity contribution in [1.82, 2.24) is 19.6 Å². The molecule has 1 aromatic carbocycles. The molecule has 172 valence electrons. The highest BCUT2D eigenvalue weighted by molar-refractivity contribution is 7.91. The van der Waals surface area contributed by atoms with Crippen molar-refractivity contribution in [3.63, 3.8) is 0 Å². The Morgan fingerprint density at radius 1 is 1.12 bits per heavy atom. The van der Waals surface area contributed by atoms with Crippen LogP contribution in [0.5, 0.6) is 0 Å². The van der Waals surface area contributed by atoms with Crippen LogP contribution in [-0.4, -0.2) is 71.7 Å². The van der Waals surface area contributed by atoms with Gasteiger partial charge < -0.3 is 9.80 Å². The van der Waals surface area contributed by atoms with Gasteiger partial charge in [-0.25, -0.2) is 8.42 Å². The van der Waals surface area contributed by atoms with Crippen LogP contribution in [0, 0.1) is 0 Å². The van der Waals surface area contributed by atoms with E-state index in [1.165, 1.54) is 0 Å². The molecule has 3 heterocycles. The van der Waals surface area contributed by atoms with E-state index in [2.05, 4.69) is 0 Å². The van der Waals surface area contributed by atoms with Crippen molar-refractivity contribution < 1.29 is 18.0 Å². The molecule has 0 radical (unpaired) electrons. The van der Waals surface area contributed by atoms with Gasteiger partial charge in [0.25, 0.3) is 5.91 Å². The molecule has 0 aliphatic carbocycles. The van der Waals surface area contributed by atoms with Crippen molar-refractivity contribution >= 4 is 21.7 Å². The fourth-order valence-corrected chi connectivity index (χ4v) is 5.78. The zero-order valence-electron chi connectivity index (χ0n) is 18.4. The number of piperidine rings is 1. The summed E-state index contributed by atoms with van der Waals surface area (Å²) in [5, 5.41) is 4.71. The van der Waals surface area contributed by atoms with Gasteiger partial charge in [0, 0.05) is 45.1 Å². The number of sulfone groups is 1. The number of hydrogen-bond donors (Lipinski definition) is 0. The topological polar surface area (TPSA) is 92.6 Å². The van der Waals surface area contributed by atoms with Gasteiger partial charge in [-0.05, 0) is 44.4 Å². The lowest BCUT2D eigenvalue weighted by Crippen LogP contribution is -2.39. The summed E-state index contributed by atoms with van der Waals surface area (Å²) in [5.41, 5.74) is 1.47. The maximum absolute atomic E-state index is 12.8. The smallest absolute Gasteiger partial charge is 0.272 e. The summed E-state index contributed by atoms with van der Waals surface area (Å²) in [5.74, 6) is -0.278. The largest absolute Gasteiger partial charge is 0.342 e. The Hall–Kier alpha value is -2.68. The predicted molar refractivity (Wildman–Crippen MR) is 120 cm³/mol. The van der Waals surface area contributed by atoms with E-state index in [-0.39, 0.29) is 34.8 Å². The average molecular weight is 459 g/mol. The highest BCUT2D eigenvalue weighted by Crippen LogP contribution is 2.28. The Bertz CT molecular complexity index is 1080. The molecule has 1 unspecified atom stereocenters. The van der Waals surface area contributed by atoms with Crippen molar-refractivity contribution in [2.75, 3.05) is 31.9 Å². The third kappa shape index (κ3) is 4.72. The second-order valence-corrected chi connectivity index (χ2v) is 10.6. The van der Waals surface area contributed by atoms with E-state index in [1.807, 2.05) is 17.9 Å². The van der Waals surface area contributed by atoms with E-state index >= 15 is 0 Å². The Morgan fingerprint density at radius 3 is 2.66 bits per heavy atom. The lowest BCUT2D eigenvalue weighted by molar-refractivity contribution is -0.132. The molecule has 9 heteroatoms.